The molecular weight excluding hydrogens is 196 g/mol. The van der Waals surface area contributed by atoms with Crippen molar-refractivity contribution < 1.29 is 0 Å². The van der Waals surface area contributed by atoms with Crippen molar-refractivity contribution in [2.45, 2.75) is 45.7 Å². The molecule has 0 aliphatic rings. The average molecular weight is 220 g/mol. The van der Waals surface area contributed by atoms with Crippen LogP contribution in [0.25, 0.3) is 0 Å². The van der Waals surface area contributed by atoms with Gasteiger partial charge in [-0.05, 0) is 30.9 Å². The van der Waals surface area contributed by atoms with Crippen molar-refractivity contribution in [1.82, 2.24) is 5.32 Å². The summed E-state index contributed by atoms with van der Waals surface area (Å²) in [5, 5.41) is 3.50. The lowest BCUT2D eigenvalue weighted by Crippen LogP contribution is -2.34. The van der Waals surface area contributed by atoms with Gasteiger partial charge in [-0.1, -0.05) is 38.1 Å². The Balaban J connectivity index is 2.61. The minimum Gasteiger partial charge on any atom is -0.327 e. The molecule has 0 aliphatic heterocycles. The van der Waals surface area contributed by atoms with Crippen molar-refractivity contribution in [3.05, 3.63) is 35.4 Å². The molecule has 0 fully saturated rings. The maximum Gasteiger partial charge on any atom is 0.0295 e. The highest BCUT2D eigenvalue weighted by molar-refractivity contribution is 5.29. The van der Waals surface area contributed by atoms with Crippen molar-refractivity contribution in [1.29, 1.82) is 0 Å². The van der Waals surface area contributed by atoms with Crippen molar-refractivity contribution in [2.24, 2.45) is 5.73 Å². The van der Waals surface area contributed by atoms with E-state index in [4.69, 9.17) is 5.73 Å². The molecule has 1 aromatic rings. The van der Waals surface area contributed by atoms with Crippen molar-refractivity contribution >= 4 is 0 Å². The van der Waals surface area contributed by atoms with Gasteiger partial charge in [-0.25, -0.2) is 0 Å². The topological polar surface area (TPSA) is 38.0 Å². The Kier molecular flexibility index (Phi) is 5.50. The molecule has 0 aromatic heterocycles. The lowest BCUT2D eigenvalue weighted by atomic mass is 9.99. The van der Waals surface area contributed by atoms with E-state index >= 15 is 0 Å². The molecule has 0 radical (unpaired) electrons. The zero-order chi connectivity index (χ0) is 12.0. The van der Waals surface area contributed by atoms with Crippen LogP contribution in [-0.4, -0.2) is 12.6 Å². The SMILES string of the molecule is CCc1ccccc1C(C)NCC(N)CC. The van der Waals surface area contributed by atoms with E-state index in [0.717, 1.165) is 19.4 Å². The van der Waals surface area contributed by atoms with E-state index < -0.39 is 0 Å². The average Bonchev–Trinajstić information content (AvgIpc) is 2.35. The first-order valence-electron chi connectivity index (χ1n) is 6.25. The van der Waals surface area contributed by atoms with Crippen LogP contribution in [0.15, 0.2) is 24.3 Å². The Morgan fingerprint density at radius 2 is 1.94 bits per heavy atom. The van der Waals surface area contributed by atoms with Crippen LogP contribution < -0.4 is 11.1 Å². The smallest absolute Gasteiger partial charge is 0.0295 e. The van der Waals surface area contributed by atoms with Crippen LogP contribution >= 0.6 is 0 Å². The molecular formula is C14H24N2. The van der Waals surface area contributed by atoms with Crippen LogP contribution in [0.4, 0.5) is 0 Å². The van der Waals surface area contributed by atoms with Crippen molar-refractivity contribution in [3.8, 4) is 0 Å². The van der Waals surface area contributed by atoms with E-state index in [9.17, 15) is 0 Å². The maximum absolute atomic E-state index is 5.91. The molecule has 2 nitrogen and oxygen atoms in total. The van der Waals surface area contributed by atoms with Crippen LogP contribution in [0.2, 0.25) is 0 Å². The van der Waals surface area contributed by atoms with Crippen LogP contribution in [0.1, 0.15) is 44.4 Å². The monoisotopic (exact) mass is 220 g/mol. The highest BCUT2D eigenvalue weighted by Gasteiger charge is 2.09. The summed E-state index contributed by atoms with van der Waals surface area (Å²) in [7, 11) is 0. The standard InChI is InChI=1S/C14H24N2/c1-4-12-8-6-7-9-14(12)11(3)16-10-13(15)5-2/h6-9,11,13,16H,4-5,10,15H2,1-3H3. The first-order chi connectivity index (χ1) is 7.69. The van der Waals surface area contributed by atoms with Crippen LogP contribution in [0.5, 0.6) is 0 Å². The third-order valence-corrected chi connectivity index (χ3v) is 3.11. The molecule has 0 amide bonds. The molecule has 0 bridgehead atoms. The first-order valence-corrected chi connectivity index (χ1v) is 6.25. The molecule has 0 aliphatic carbocycles. The number of hydrogen-bond donors (Lipinski definition) is 2. The van der Waals surface area contributed by atoms with Crippen LogP contribution in [0, 0.1) is 0 Å². The molecule has 0 saturated carbocycles. The van der Waals surface area contributed by atoms with Gasteiger partial charge in [-0.2, -0.15) is 0 Å². The zero-order valence-electron chi connectivity index (χ0n) is 10.7. The third-order valence-electron chi connectivity index (χ3n) is 3.11. The van der Waals surface area contributed by atoms with Gasteiger partial charge in [0.05, 0.1) is 0 Å². The number of nitrogens with one attached hydrogen (secondary N) is 1. The Bertz CT molecular complexity index is 309. The summed E-state index contributed by atoms with van der Waals surface area (Å²) in [6.45, 7) is 7.41. The fourth-order valence-corrected chi connectivity index (χ4v) is 1.86. The number of aryl methyl sites for hydroxylation is 1. The minimum absolute atomic E-state index is 0.260. The molecule has 0 saturated heterocycles. The van der Waals surface area contributed by atoms with Gasteiger partial charge in [0.15, 0.2) is 0 Å². The Labute approximate surface area is 99.2 Å². The minimum atomic E-state index is 0.260. The molecule has 1 aromatic carbocycles. The summed E-state index contributed by atoms with van der Waals surface area (Å²) >= 11 is 0. The Hall–Kier alpha value is -0.860. The summed E-state index contributed by atoms with van der Waals surface area (Å²) in [4.78, 5) is 0. The summed E-state index contributed by atoms with van der Waals surface area (Å²) in [6, 6.07) is 9.26. The highest BCUT2D eigenvalue weighted by atomic mass is 14.9. The van der Waals surface area contributed by atoms with E-state index in [-0.39, 0.29) is 6.04 Å². The lowest BCUT2D eigenvalue weighted by molar-refractivity contribution is 0.506. The predicted octanol–water partition coefficient (Wildman–Crippen LogP) is 2.64. The summed E-state index contributed by atoms with van der Waals surface area (Å²) in [5.41, 5.74) is 8.73. The summed E-state index contributed by atoms with van der Waals surface area (Å²) in [6.07, 6.45) is 2.11. The van der Waals surface area contributed by atoms with E-state index in [0.29, 0.717) is 6.04 Å². The second-order valence-electron chi connectivity index (χ2n) is 4.35. The maximum atomic E-state index is 5.91. The Morgan fingerprint density at radius 1 is 1.25 bits per heavy atom. The van der Waals surface area contributed by atoms with Crippen LogP contribution in [-0.2, 0) is 6.42 Å². The van der Waals surface area contributed by atoms with Gasteiger partial charge in [0.25, 0.3) is 0 Å². The zero-order valence-corrected chi connectivity index (χ0v) is 10.7. The number of rotatable bonds is 6. The summed E-state index contributed by atoms with van der Waals surface area (Å²) in [5.74, 6) is 0. The van der Waals surface area contributed by atoms with Gasteiger partial charge in [-0.3, -0.25) is 0 Å². The number of hydrogen-bond acceptors (Lipinski definition) is 2. The molecule has 2 heteroatoms. The number of nitrogens with two attached hydrogens (primary N) is 1. The second-order valence-corrected chi connectivity index (χ2v) is 4.35. The number of benzene rings is 1. The summed E-state index contributed by atoms with van der Waals surface area (Å²) < 4.78 is 0. The molecule has 16 heavy (non-hydrogen) atoms. The largest absolute Gasteiger partial charge is 0.327 e. The Morgan fingerprint density at radius 3 is 2.56 bits per heavy atom. The lowest BCUT2D eigenvalue weighted by Gasteiger charge is -2.19. The highest BCUT2D eigenvalue weighted by Crippen LogP contribution is 2.17. The molecule has 2 atom stereocenters. The molecule has 3 N–H and O–H groups in total. The molecule has 0 spiro atoms. The molecule has 2 unspecified atom stereocenters. The van der Waals surface area contributed by atoms with Gasteiger partial charge in [0.2, 0.25) is 0 Å². The fourth-order valence-electron chi connectivity index (χ4n) is 1.86. The van der Waals surface area contributed by atoms with E-state index in [1.165, 1.54) is 11.1 Å². The molecule has 90 valence electrons. The third kappa shape index (κ3) is 3.62. The van der Waals surface area contributed by atoms with Crippen molar-refractivity contribution in [3.63, 3.8) is 0 Å². The molecule has 1 rings (SSSR count). The van der Waals surface area contributed by atoms with E-state index in [2.05, 4.69) is 50.4 Å². The van der Waals surface area contributed by atoms with Gasteiger partial charge in [0, 0.05) is 18.6 Å². The van der Waals surface area contributed by atoms with Gasteiger partial charge in [0.1, 0.15) is 0 Å². The first kappa shape index (κ1) is 13.2. The second kappa shape index (κ2) is 6.66. The van der Waals surface area contributed by atoms with E-state index in [1.54, 1.807) is 0 Å². The van der Waals surface area contributed by atoms with Crippen LogP contribution in [0.3, 0.4) is 0 Å². The predicted molar refractivity (Wildman–Crippen MR) is 70.5 cm³/mol. The fraction of sp³-hybridized carbons (Fsp3) is 0.571. The normalized spacial score (nSPS) is 14.8. The molecule has 0 heterocycles. The van der Waals surface area contributed by atoms with E-state index in [1.807, 2.05) is 0 Å². The van der Waals surface area contributed by atoms with Gasteiger partial charge in [-0.15, -0.1) is 0 Å². The van der Waals surface area contributed by atoms with Gasteiger partial charge >= 0.3 is 0 Å². The quantitative estimate of drug-likeness (QED) is 0.773. The van der Waals surface area contributed by atoms with Crippen molar-refractivity contribution in [2.75, 3.05) is 6.54 Å². The van der Waals surface area contributed by atoms with Gasteiger partial charge < -0.3 is 11.1 Å².